The molecule has 0 aromatic heterocycles. The van der Waals surface area contributed by atoms with Crippen LogP contribution in [0.2, 0.25) is 0 Å². The third-order valence-electron chi connectivity index (χ3n) is 3.52. The number of carboxylic acids is 1. The Morgan fingerprint density at radius 3 is 2.48 bits per heavy atom. The van der Waals surface area contributed by atoms with Gasteiger partial charge >= 0.3 is 5.97 Å². The van der Waals surface area contributed by atoms with Gasteiger partial charge in [-0.25, -0.2) is 4.79 Å². The van der Waals surface area contributed by atoms with Gasteiger partial charge in [0.1, 0.15) is 28.6 Å². The first-order valence-electron chi connectivity index (χ1n) is 6.60. The molecule has 3 rings (SSSR count). The van der Waals surface area contributed by atoms with Crippen molar-refractivity contribution in [3.05, 3.63) is 35.5 Å². The van der Waals surface area contributed by atoms with Crippen LogP contribution >= 0.6 is 11.8 Å². The molecule has 0 bridgehead atoms. The predicted molar refractivity (Wildman–Crippen MR) is 79.8 cm³/mol. The molecule has 0 radical (unpaired) electrons. The second kappa shape index (κ2) is 5.51. The molecule has 23 heavy (non-hydrogen) atoms. The topological polar surface area (TPSA) is 127 Å². The van der Waals surface area contributed by atoms with Crippen molar-refractivity contribution >= 4 is 29.5 Å². The molecule has 1 fully saturated rings. The van der Waals surface area contributed by atoms with Gasteiger partial charge in [-0.2, -0.15) is 0 Å². The molecule has 1 aromatic carbocycles. The SMILES string of the molecule is O=C(O)C1=CCS[C@@H]2C(NC(=O)c3cc(O)cc(O)c3)C(=O)N12. The molecular formula is C14H12N2O6S. The van der Waals surface area contributed by atoms with E-state index in [0.29, 0.717) is 5.75 Å². The van der Waals surface area contributed by atoms with E-state index in [-0.39, 0.29) is 22.8 Å². The molecule has 8 nitrogen and oxygen atoms in total. The quantitative estimate of drug-likeness (QED) is 0.576. The Hall–Kier alpha value is -2.68. The van der Waals surface area contributed by atoms with E-state index in [1.54, 1.807) is 0 Å². The lowest BCUT2D eigenvalue weighted by atomic mass is 10.0. The average molecular weight is 336 g/mol. The minimum atomic E-state index is -1.19. The minimum Gasteiger partial charge on any atom is -0.508 e. The van der Waals surface area contributed by atoms with Crippen molar-refractivity contribution in [2.45, 2.75) is 11.4 Å². The van der Waals surface area contributed by atoms with Crippen molar-refractivity contribution in [2.24, 2.45) is 0 Å². The number of amides is 2. The Balaban J connectivity index is 1.75. The zero-order chi connectivity index (χ0) is 16.7. The van der Waals surface area contributed by atoms with E-state index in [1.165, 1.54) is 17.8 Å². The second-order valence-corrected chi connectivity index (χ2v) is 6.17. The number of carbonyl (C=O) groups excluding carboxylic acids is 2. The van der Waals surface area contributed by atoms with E-state index in [1.807, 2.05) is 0 Å². The molecule has 2 amide bonds. The number of rotatable bonds is 3. The van der Waals surface area contributed by atoms with Gasteiger partial charge in [0, 0.05) is 17.4 Å². The molecule has 4 N–H and O–H groups in total. The summed E-state index contributed by atoms with van der Waals surface area (Å²) in [5.41, 5.74) is -0.0807. The van der Waals surface area contributed by atoms with Gasteiger partial charge in [0.15, 0.2) is 0 Å². The van der Waals surface area contributed by atoms with Crippen LogP contribution in [0.3, 0.4) is 0 Å². The molecule has 2 aliphatic rings. The fourth-order valence-electron chi connectivity index (χ4n) is 2.49. The van der Waals surface area contributed by atoms with Gasteiger partial charge < -0.3 is 20.6 Å². The highest BCUT2D eigenvalue weighted by atomic mass is 32.2. The largest absolute Gasteiger partial charge is 0.508 e. The molecule has 0 spiro atoms. The number of carboxylic acid groups (broad SMARTS) is 1. The lowest BCUT2D eigenvalue weighted by Gasteiger charge is -2.48. The number of phenols is 2. The molecule has 2 aliphatic heterocycles. The number of fused-ring (bicyclic) bond motifs is 1. The van der Waals surface area contributed by atoms with Crippen LogP contribution in [0.25, 0.3) is 0 Å². The summed E-state index contributed by atoms with van der Waals surface area (Å²) in [5.74, 6) is -2.46. The summed E-state index contributed by atoms with van der Waals surface area (Å²) in [6, 6.07) is 2.55. The number of nitrogens with one attached hydrogen (secondary N) is 1. The summed E-state index contributed by atoms with van der Waals surface area (Å²) in [6.45, 7) is 0. The maximum Gasteiger partial charge on any atom is 0.352 e. The fraction of sp³-hybridized carbons (Fsp3) is 0.214. The van der Waals surface area contributed by atoms with Crippen LogP contribution in [0.1, 0.15) is 10.4 Å². The Labute approximate surface area is 134 Å². The molecule has 1 saturated heterocycles. The zero-order valence-electron chi connectivity index (χ0n) is 11.6. The van der Waals surface area contributed by atoms with Gasteiger partial charge in [-0.05, 0) is 18.2 Å². The Morgan fingerprint density at radius 2 is 1.87 bits per heavy atom. The van der Waals surface area contributed by atoms with Crippen molar-refractivity contribution in [3.63, 3.8) is 0 Å². The highest BCUT2D eigenvalue weighted by molar-refractivity contribution is 8.00. The number of carbonyl (C=O) groups is 3. The van der Waals surface area contributed by atoms with Crippen LogP contribution < -0.4 is 5.32 Å². The van der Waals surface area contributed by atoms with Crippen molar-refractivity contribution in [3.8, 4) is 11.5 Å². The smallest absolute Gasteiger partial charge is 0.352 e. The van der Waals surface area contributed by atoms with Crippen LogP contribution in [0, 0.1) is 0 Å². The number of hydrogen-bond acceptors (Lipinski definition) is 6. The van der Waals surface area contributed by atoms with Crippen LogP contribution in [-0.2, 0) is 9.59 Å². The number of thioether (sulfide) groups is 1. The third-order valence-corrected chi connectivity index (χ3v) is 4.70. The predicted octanol–water partition coefficient (Wildman–Crippen LogP) is 0.0798. The number of benzene rings is 1. The van der Waals surface area contributed by atoms with Gasteiger partial charge in [0.2, 0.25) is 0 Å². The molecule has 120 valence electrons. The first kappa shape index (κ1) is 15.2. The standard InChI is InChI=1S/C14H12N2O6S/c17-7-3-6(4-8(18)5-7)11(19)15-10-12(20)16-9(14(21)22)1-2-23-13(10)16/h1,3-5,10,13,17-18H,2H2,(H,15,19)(H,21,22)/t10?,13-/m1/s1. The van der Waals surface area contributed by atoms with Crippen LogP contribution in [-0.4, -0.2) is 55.2 Å². The molecule has 1 aromatic rings. The third kappa shape index (κ3) is 2.59. The molecule has 2 atom stereocenters. The van der Waals surface area contributed by atoms with E-state index in [2.05, 4.69) is 5.32 Å². The summed E-state index contributed by atoms with van der Waals surface area (Å²) in [7, 11) is 0. The van der Waals surface area contributed by atoms with Crippen molar-refractivity contribution in [2.75, 3.05) is 5.75 Å². The van der Waals surface area contributed by atoms with E-state index < -0.39 is 29.2 Å². The summed E-state index contributed by atoms with van der Waals surface area (Å²) in [4.78, 5) is 36.5. The number of aromatic hydroxyl groups is 2. The van der Waals surface area contributed by atoms with Crippen LogP contribution in [0.4, 0.5) is 0 Å². The summed E-state index contributed by atoms with van der Waals surface area (Å²) in [6.07, 6.45) is 1.45. The van der Waals surface area contributed by atoms with E-state index in [4.69, 9.17) is 5.11 Å². The Kier molecular flexibility index (Phi) is 3.64. The maximum atomic E-state index is 12.1. The number of phenolic OH excluding ortho intramolecular Hbond substituents is 2. The number of nitrogens with zero attached hydrogens (tertiary/aromatic N) is 1. The number of hydrogen-bond donors (Lipinski definition) is 4. The van der Waals surface area contributed by atoms with E-state index in [0.717, 1.165) is 23.1 Å². The van der Waals surface area contributed by atoms with Crippen molar-refractivity contribution in [1.29, 1.82) is 0 Å². The maximum absolute atomic E-state index is 12.1. The monoisotopic (exact) mass is 336 g/mol. The lowest BCUT2D eigenvalue weighted by molar-refractivity contribution is -0.148. The molecule has 1 unspecified atom stereocenters. The van der Waals surface area contributed by atoms with Gasteiger partial charge in [0.05, 0.1) is 0 Å². The van der Waals surface area contributed by atoms with Crippen molar-refractivity contribution < 1.29 is 29.7 Å². The first-order valence-corrected chi connectivity index (χ1v) is 7.65. The molecule has 9 heteroatoms. The van der Waals surface area contributed by atoms with Crippen LogP contribution in [0.15, 0.2) is 30.0 Å². The fourth-order valence-corrected chi connectivity index (χ4v) is 3.68. The average Bonchev–Trinajstić information content (AvgIpc) is 2.50. The highest BCUT2D eigenvalue weighted by Gasteiger charge is 2.52. The zero-order valence-corrected chi connectivity index (χ0v) is 12.4. The highest BCUT2D eigenvalue weighted by Crippen LogP contribution is 2.37. The van der Waals surface area contributed by atoms with Gasteiger partial charge in [0.25, 0.3) is 11.8 Å². The van der Waals surface area contributed by atoms with Gasteiger partial charge in [-0.1, -0.05) is 0 Å². The lowest BCUT2D eigenvalue weighted by Crippen LogP contribution is -2.70. The summed E-state index contributed by atoms with van der Waals surface area (Å²) >= 11 is 1.34. The van der Waals surface area contributed by atoms with Gasteiger partial charge in [-0.3, -0.25) is 14.5 Å². The Morgan fingerprint density at radius 1 is 1.22 bits per heavy atom. The van der Waals surface area contributed by atoms with Gasteiger partial charge in [-0.15, -0.1) is 11.8 Å². The van der Waals surface area contributed by atoms with E-state index >= 15 is 0 Å². The first-order chi connectivity index (χ1) is 10.9. The summed E-state index contributed by atoms with van der Waals surface area (Å²) in [5, 5.41) is 29.9. The van der Waals surface area contributed by atoms with Crippen LogP contribution in [0.5, 0.6) is 11.5 Å². The molecular weight excluding hydrogens is 324 g/mol. The minimum absolute atomic E-state index is 0.00330. The van der Waals surface area contributed by atoms with E-state index in [9.17, 15) is 24.6 Å². The molecule has 2 heterocycles. The second-order valence-electron chi connectivity index (χ2n) is 5.02. The Bertz CT molecular complexity index is 727. The number of β-lactam (4-membered cyclic amide) rings is 1. The summed E-state index contributed by atoms with van der Waals surface area (Å²) < 4.78 is 0. The molecule has 0 saturated carbocycles. The normalized spacial score (nSPS) is 22.7. The molecule has 0 aliphatic carbocycles. The number of aliphatic carboxylic acids is 1. The van der Waals surface area contributed by atoms with Crippen molar-refractivity contribution in [1.82, 2.24) is 10.2 Å².